The molecule has 0 aliphatic rings. The molecule has 3 N–H and O–H groups in total. The highest BCUT2D eigenvalue weighted by Gasteiger charge is 2.05. The normalized spacial score (nSPS) is 12.2. The molecule has 1 atom stereocenters. The Morgan fingerprint density at radius 3 is 2.80 bits per heavy atom. The first-order chi connectivity index (χ1) is 4.70. The second-order valence-electron chi connectivity index (χ2n) is 1.78. The molecule has 0 aliphatic carbocycles. The van der Waals surface area contributed by atoms with Gasteiger partial charge in [0.2, 0.25) is 5.91 Å². The molecule has 4 nitrogen and oxygen atoms in total. The molecule has 0 aromatic carbocycles. The molecule has 58 valence electrons. The molecule has 5 heteroatoms. The van der Waals surface area contributed by atoms with Crippen molar-refractivity contribution in [3.63, 3.8) is 0 Å². The van der Waals surface area contributed by atoms with Crippen LogP contribution in [0.1, 0.15) is 6.92 Å². The van der Waals surface area contributed by atoms with Gasteiger partial charge in [0.25, 0.3) is 0 Å². The first-order valence-corrected chi connectivity index (χ1v) is 3.79. The summed E-state index contributed by atoms with van der Waals surface area (Å²) in [6.45, 7) is 1.36. The Morgan fingerprint density at radius 1 is 1.90 bits per heavy atom. The van der Waals surface area contributed by atoms with Crippen molar-refractivity contribution >= 4 is 24.1 Å². The summed E-state index contributed by atoms with van der Waals surface area (Å²) < 4.78 is 0. The molecular weight excluding hydrogens is 152 g/mol. The predicted octanol–water partition coefficient (Wildman–Crippen LogP) is -0.703. The zero-order valence-electron chi connectivity index (χ0n) is 5.66. The smallest absolute Gasteiger partial charge is 0.217 e. The topological polar surface area (TPSA) is 72.2 Å². The van der Waals surface area contributed by atoms with E-state index in [9.17, 15) is 9.59 Å². The molecule has 0 heterocycles. The lowest BCUT2D eigenvalue weighted by atomic mass is 10.4. The van der Waals surface area contributed by atoms with E-state index < -0.39 is 6.04 Å². The summed E-state index contributed by atoms with van der Waals surface area (Å²) >= 11 is 1.03. The van der Waals surface area contributed by atoms with E-state index in [0.717, 1.165) is 11.9 Å². The van der Waals surface area contributed by atoms with Crippen molar-refractivity contribution in [2.45, 2.75) is 13.0 Å². The SMILES string of the molecule is CC(=O)NC(C=O)CSN. The Morgan fingerprint density at radius 2 is 2.50 bits per heavy atom. The minimum atomic E-state index is -0.451. The van der Waals surface area contributed by atoms with Crippen molar-refractivity contribution in [2.75, 3.05) is 5.75 Å². The van der Waals surface area contributed by atoms with Crippen LogP contribution in [0, 0.1) is 0 Å². The summed E-state index contributed by atoms with van der Waals surface area (Å²) in [6, 6.07) is -0.451. The van der Waals surface area contributed by atoms with Crippen molar-refractivity contribution in [2.24, 2.45) is 5.14 Å². The standard InChI is InChI=1S/C5H10N2O2S/c1-4(9)7-5(2-8)3-10-6/h2,5H,3,6H2,1H3,(H,7,9). The Bertz CT molecular complexity index is 129. The highest BCUT2D eigenvalue weighted by molar-refractivity contribution is 7.97. The third-order valence-electron chi connectivity index (χ3n) is 0.829. The van der Waals surface area contributed by atoms with Gasteiger partial charge in [-0.1, -0.05) is 11.9 Å². The molecule has 0 aromatic heterocycles. The average Bonchev–Trinajstić information content (AvgIpc) is 1.86. The van der Waals surface area contributed by atoms with Crippen molar-refractivity contribution < 1.29 is 9.59 Å². The van der Waals surface area contributed by atoms with Gasteiger partial charge in [0.1, 0.15) is 6.29 Å². The Labute approximate surface area is 63.7 Å². The van der Waals surface area contributed by atoms with E-state index in [1.165, 1.54) is 6.92 Å². The van der Waals surface area contributed by atoms with E-state index in [-0.39, 0.29) is 5.91 Å². The second kappa shape index (κ2) is 5.25. The fourth-order valence-corrected chi connectivity index (χ4v) is 0.849. The van der Waals surface area contributed by atoms with Crippen LogP contribution < -0.4 is 10.5 Å². The fourth-order valence-electron chi connectivity index (χ4n) is 0.480. The largest absolute Gasteiger partial charge is 0.346 e. The number of carbonyl (C=O) groups is 2. The lowest BCUT2D eigenvalue weighted by molar-refractivity contribution is -0.121. The molecule has 0 rings (SSSR count). The maximum Gasteiger partial charge on any atom is 0.217 e. The Hall–Kier alpha value is -0.550. The molecule has 0 saturated heterocycles. The van der Waals surface area contributed by atoms with Gasteiger partial charge in [-0.3, -0.25) is 9.93 Å². The zero-order valence-corrected chi connectivity index (χ0v) is 6.48. The van der Waals surface area contributed by atoms with Gasteiger partial charge in [0.15, 0.2) is 0 Å². The molecule has 1 unspecified atom stereocenters. The molecule has 0 saturated carbocycles. The molecule has 0 bridgehead atoms. The van der Waals surface area contributed by atoms with E-state index in [2.05, 4.69) is 5.32 Å². The number of rotatable bonds is 4. The summed E-state index contributed by atoms with van der Waals surface area (Å²) in [5.41, 5.74) is 0. The van der Waals surface area contributed by atoms with Gasteiger partial charge >= 0.3 is 0 Å². The van der Waals surface area contributed by atoms with Crippen LogP contribution in [0.4, 0.5) is 0 Å². The monoisotopic (exact) mass is 162 g/mol. The summed E-state index contributed by atoms with van der Waals surface area (Å²) in [7, 11) is 0. The van der Waals surface area contributed by atoms with Crippen LogP contribution in [-0.2, 0) is 9.59 Å². The summed E-state index contributed by atoms with van der Waals surface area (Å²) in [4.78, 5) is 20.5. The quantitative estimate of drug-likeness (QED) is 0.423. The van der Waals surface area contributed by atoms with Crippen LogP contribution in [0.3, 0.4) is 0 Å². The average molecular weight is 162 g/mol. The van der Waals surface area contributed by atoms with Gasteiger partial charge in [-0.15, -0.1) is 0 Å². The number of aldehydes is 1. The number of carbonyl (C=O) groups excluding carboxylic acids is 2. The van der Waals surface area contributed by atoms with Crippen LogP contribution in [0.5, 0.6) is 0 Å². The number of hydrogen-bond donors (Lipinski definition) is 2. The third kappa shape index (κ3) is 4.34. The highest BCUT2D eigenvalue weighted by Crippen LogP contribution is 1.89. The Balaban J connectivity index is 3.59. The van der Waals surface area contributed by atoms with Crippen molar-refractivity contribution in [1.82, 2.24) is 5.32 Å². The number of nitrogens with one attached hydrogen (secondary N) is 1. The summed E-state index contributed by atoms with van der Waals surface area (Å²) in [6.07, 6.45) is 0.668. The number of hydrogen-bond acceptors (Lipinski definition) is 4. The van der Waals surface area contributed by atoms with Crippen LogP contribution in [0.15, 0.2) is 0 Å². The van der Waals surface area contributed by atoms with Gasteiger partial charge in [-0.2, -0.15) is 0 Å². The van der Waals surface area contributed by atoms with Crippen LogP contribution in [0.2, 0.25) is 0 Å². The molecule has 0 radical (unpaired) electrons. The lowest BCUT2D eigenvalue weighted by Gasteiger charge is -2.07. The van der Waals surface area contributed by atoms with E-state index in [1.54, 1.807) is 0 Å². The van der Waals surface area contributed by atoms with Crippen LogP contribution >= 0.6 is 11.9 Å². The maximum absolute atomic E-state index is 10.4. The van der Waals surface area contributed by atoms with Crippen molar-refractivity contribution in [3.05, 3.63) is 0 Å². The zero-order chi connectivity index (χ0) is 7.98. The number of nitrogens with two attached hydrogens (primary N) is 1. The van der Waals surface area contributed by atoms with Crippen LogP contribution in [0.25, 0.3) is 0 Å². The second-order valence-corrected chi connectivity index (χ2v) is 2.44. The minimum absolute atomic E-state index is 0.217. The van der Waals surface area contributed by atoms with Gasteiger partial charge in [0, 0.05) is 12.7 Å². The van der Waals surface area contributed by atoms with Crippen molar-refractivity contribution in [3.8, 4) is 0 Å². The Kier molecular flexibility index (Phi) is 4.96. The predicted molar refractivity (Wildman–Crippen MR) is 40.3 cm³/mol. The van der Waals surface area contributed by atoms with Gasteiger partial charge in [-0.05, 0) is 0 Å². The van der Waals surface area contributed by atoms with Gasteiger partial charge in [0.05, 0.1) is 6.04 Å². The molecule has 1 amide bonds. The maximum atomic E-state index is 10.4. The third-order valence-corrected chi connectivity index (χ3v) is 1.38. The van der Waals surface area contributed by atoms with E-state index in [1.807, 2.05) is 0 Å². The van der Waals surface area contributed by atoms with E-state index in [4.69, 9.17) is 5.14 Å². The van der Waals surface area contributed by atoms with Crippen LogP contribution in [-0.4, -0.2) is 24.0 Å². The van der Waals surface area contributed by atoms with E-state index in [0.29, 0.717) is 12.0 Å². The lowest BCUT2D eigenvalue weighted by Crippen LogP contribution is -2.36. The first kappa shape index (κ1) is 9.45. The summed E-state index contributed by atoms with van der Waals surface area (Å²) in [5, 5.41) is 7.51. The van der Waals surface area contributed by atoms with Gasteiger partial charge < -0.3 is 10.1 Å². The highest BCUT2D eigenvalue weighted by atomic mass is 32.2. The van der Waals surface area contributed by atoms with Crippen molar-refractivity contribution in [1.29, 1.82) is 0 Å². The van der Waals surface area contributed by atoms with Gasteiger partial charge in [-0.25, -0.2) is 0 Å². The fraction of sp³-hybridized carbons (Fsp3) is 0.600. The molecule has 0 aliphatic heterocycles. The summed E-state index contributed by atoms with van der Waals surface area (Å²) in [5.74, 6) is 0.203. The molecular formula is C5H10N2O2S. The number of amides is 1. The molecule has 0 spiro atoms. The minimum Gasteiger partial charge on any atom is -0.346 e. The molecule has 10 heavy (non-hydrogen) atoms. The van der Waals surface area contributed by atoms with E-state index >= 15 is 0 Å². The molecule has 0 aromatic rings. The molecule has 0 fully saturated rings. The first-order valence-electron chi connectivity index (χ1n) is 2.74.